The van der Waals surface area contributed by atoms with E-state index in [1.54, 1.807) is 7.11 Å². The molecular weight excluding hydrogens is 372 g/mol. The van der Waals surface area contributed by atoms with Gasteiger partial charge in [0.25, 0.3) is 0 Å². The number of benzene rings is 1. The molecule has 0 bridgehead atoms. The molecule has 1 aromatic carbocycles. The van der Waals surface area contributed by atoms with Crippen LogP contribution in [0.1, 0.15) is 0 Å². The molecule has 0 radical (unpaired) electrons. The first-order valence-electron chi connectivity index (χ1n) is 10.4. The monoisotopic (exact) mass is 406 g/mol. The molecule has 0 aliphatic carbocycles. The van der Waals surface area contributed by atoms with Crippen LogP contribution in [0.3, 0.4) is 0 Å². The normalized spacial score (nSPS) is 20.4. The molecular formula is C21H34N4O4. The molecule has 1 aromatic rings. The fourth-order valence-corrected chi connectivity index (χ4v) is 3.75. The zero-order valence-electron chi connectivity index (χ0n) is 17.6. The van der Waals surface area contributed by atoms with E-state index in [0.29, 0.717) is 24.6 Å². The molecule has 0 saturated carbocycles. The Morgan fingerprint density at radius 2 is 1.62 bits per heavy atom. The maximum atomic E-state index is 12.5. The molecule has 2 aliphatic rings. The van der Waals surface area contributed by atoms with Crippen LogP contribution in [0.15, 0.2) is 24.3 Å². The van der Waals surface area contributed by atoms with Gasteiger partial charge in [0, 0.05) is 58.9 Å². The van der Waals surface area contributed by atoms with Gasteiger partial charge in [0.1, 0.15) is 12.7 Å². The van der Waals surface area contributed by atoms with Gasteiger partial charge in [0.05, 0.1) is 13.7 Å². The molecule has 2 saturated heterocycles. The molecule has 1 N–H and O–H groups in total. The van der Waals surface area contributed by atoms with E-state index in [0.717, 1.165) is 52.4 Å². The summed E-state index contributed by atoms with van der Waals surface area (Å²) in [6, 6.07) is 7.44. The Hall–Kier alpha value is -1.87. The van der Waals surface area contributed by atoms with Crippen LogP contribution in [0.5, 0.6) is 11.5 Å². The van der Waals surface area contributed by atoms with Gasteiger partial charge in [-0.2, -0.15) is 0 Å². The molecule has 8 nitrogen and oxygen atoms in total. The molecule has 29 heavy (non-hydrogen) atoms. The number of hydrogen-bond donors (Lipinski definition) is 1. The van der Waals surface area contributed by atoms with Crippen LogP contribution in [0.25, 0.3) is 0 Å². The topological polar surface area (TPSA) is 68.7 Å². The Morgan fingerprint density at radius 1 is 1.00 bits per heavy atom. The second-order valence-electron chi connectivity index (χ2n) is 7.88. The maximum Gasteiger partial charge on any atom is 0.236 e. The first-order chi connectivity index (χ1) is 14.0. The summed E-state index contributed by atoms with van der Waals surface area (Å²) < 4.78 is 11.0. The van der Waals surface area contributed by atoms with E-state index in [4.69, 9.17) is 9.47 Å². The summed E-state index contributed by atoms with van der Waals surface area (Å²) in [4.78, 5) is 21.2. The predicted molar refractivity (Wildman–Crippen MR) is 111 cm³/mol. The standard InChI is InChI=1S/C21H34N4O4/c1-22-7-13-25(14-8-22)21(27)16-24-11-9-23(10-12-24)15-18(26)17-29-20-6-4-3-5-19(20)28-2/h3-6,18,26H,7-17H2,1-2H3/t18-/m0/s1. The summed E-state index contributed by atoms with van der Waals surface area (Å²) in [5, 5.41) is 10.3. The van der Waals surface area contributed by atoms with Crippen molar-refractivity contribution in [3.63, 3.8) is 0 Å². The van der Waals surface area contributed by atoms with Gasteiger partial charge in [-0.3, -0.25) is 14.6 Å². The van der Waals surface area contributed by atoms with Crippen LogP contribution in [-0.4, -0.2) is 123 Å². The van der Waals surface area contributed by atoms with Gasteiger partial charge in [0.2, 0.25) is 5.91 Å². The van der Waals surface area contributed by atoms with E-state index < -0.39 is 6.10 Å². The lowest BCUT2D eigenvalue weighted by molar-refractivity contribution is -0.134. The fourth-order valence-electron chi connectivity index (χ4n) is 3.75. The molecule has 1 amide bonds. The number of carbonyl (C=O) groups is 1. The lowest BCUT2D eigenvalue weighted by Gasteiger charge is -2.37. The van der Waals surface area contributed by atoms with Crippen molar-refractivity contribution in [3.05, 3.63) is 24.3 Å². The number of β-amino-alcohol motifs (C(OH)–C–C–N with tert-alkyl or cyclic N) is 1. The minimum atomic E-state index is -0.571. The molecule has 0 spiro atoms. The van der Waals surface area contributed by atoms with Gasteiger partial charge in [-0.05, 0) is 19.2 Å². The van der Waals surface area contributed by atoms with Gasteiger partial charge in [0.15, 0.2) is 11.5 Å². The highest BCUT2D eigenvalue weighted by atomic mass is 16.5. The van der Waals surface area contributed by atoms with Crippen molar-refractivity contribution in [2.75, 3.05) is 86.2 Å². The van der Waals surface area contributed by atoms with E-state index in [-0.39, 0.29) is 12.5 Å². The average Bonchev–Trinajstić information content (AvgIpc) is 2.74. The molecule has 3 rings (SSSR count). The molecule has 0 unspecified atom stereocenters. The van der Waals surface area contributed by atoms with Gasteiger partial charge in [-0.1, -0.05) is 12.1 Å². The van der Waals surface area contributed by atoms with Gasteiger partial charge >= 0.3 is 0 Å². The van der Waals surface area contributed by atoms with Crippen molar-refractivity contribution >= 4 is 5.91 Å². The third-order valence-corrected chi connectivity index (χ3v) is 5.65. The number of nitrogens with zero attached hydrogens (tertiary/aromatic N) is 4. The Balaban J connectivity index is 1.34. The number of hydrogen-bond acceptors (Lipinski definition) is 7. The van der Waals surface area contributed by atoms with E-state index in [2.05, 4.69) is 21.7 Å². The number of likely N-dealkylation sites (N-methyl/N-ethyl adjacent to an activating group) is 1. The largest absolute Gasteiger partial charge is 0.493 e. The van der Waals surface area contributed by atoms with E-state index in [1.165, 1.54) is 0 Å². The Bertz CT molecular complexity index is 643. The number of rotatable bonds is 8. The first kappa shape index (κ1) is 21.8. The smallest absolute Gasteiger partial charge is 0.236 e. The zero-order valence-corrected chi connectivity index (χ0v) is 17.6. The minimum Gasteiger partial charge on any atom is -0.493 e. The summed E-state index contributed by atoms with van der Waals surface area (Å²) in [5.41, 5.74) is 0. The van der Waals surface area contributed by atoms with Crippen LogP contribution in [0, 0.1) is 0 Å². The van der Waals surface area contributed by atoms with Crippen molar-refractivity contribution in [3.8, 4) is 11.5 Å². The van der Waals surface area contributed by atoms with Crippen molar-refractivity contribution in [1.29, 1.82) is 0 Å². The molecule has 0 aromatic heterocycles. The van der Waals surface area contributed by atoms with Crippen LogP contribution < -0.4 is 9.47 Å². The predicted octanol–water partition coefficient (Wildman–Crippen LogP) is -0.173. The first-order valence-corrected chi connectivity index (χ1v) is 10.4. The number of para-hydroxylation sites is 2. The number of carbonyl (C=O) groups excluding carboxylic acids is 1. The van der Waals surface area contributed by atoms with Crippen LogP contribution in [0.2, 0.25) is 0 Å². The van der Waals surface area contributed by atoms with Crippen molar-refractivity contribution in [2.45, 2.75) is 6.10 Å². The number of piperazine rings is 2. The second kappa shape index (κ2) is 10.8. The third kappa shape index (κ3) is 6.57. The summed E-state index contributed by atoms with van der Waals surface area (Å²) >= 11 is 0. The molecule has 162 valence electrons. The van der Waals surface area contributed by atoms with Gasteiger partial charge < -0.3 is 24.4 Å². The van der Waals surface area contributed by atoms with Crippen LogP contribution in [0.4, 0.5) is 0 Å². The quantitative estimate of drug-likeness (QED) is 0.643. The number of aliphatic hydroxyl groups excluding tert-OH is 1. The number of methoxy groups -OCH3 is 1. The SMILES string of the molecule is COc1ccccc1OC[C@@H](O)CN1CCN(CC(=O)N2CCN(C)CC2)CC1. The fraction of sp³-hybridized carbons (Fsp3) is 0.667. The summed E-state index contributed by atoms with van der Waals surface area (Å²) in [6.45, 7) is 8.24. The highest BCUT2D eigenvalue weighted by molar-refractivity contribution is 5.78. The molecule has 2 heterocycles. The molecule has 1 atom stereocenters. The highest BCUT2D eigenvalue weighted by Crippen LogP contribution is 2.25. The molecule has 2 fully saturated rings. The second-order valence-corrected chi connectivity index (χ2v) is 7.88. The van der Waals surface area contributed by atoms with E-state index in [1.807, 2.05) is 29.2 Å². The van der Waals surface area contributed by atoms with Gasteiger partial charge in [-0.25, -0.2) is 0 Å². The minimum absolute atomic E-state index is 0.225. The Morgan fingerprint density at radius 3 is 2.28 bits per heavy atom. The van der Waals surface area contributed by atoms with Crippen molar-refractivity contribution < 1.29 is 19.4 Å². The lowest BCUT2D eigenvalue weighted by atomic mass is 10.2. The molecule has 8 heteroatoms. The molecule has 2 aliphatic heterocycles. The van der Waals surface area contributed by atoms with E-state index >= 15 is 0 Å². The van der Waals surface area contributed by atoms with Crippen LogP contribution in [-0.2, 0) is 4.79 Å². The van der Waals surface area contributed by atoms with Gasteiger partial charge in [-0.15, -0.1) is 0 Å². The number of amides is 1. The highest BCUT2D eigenvalue weighted by Gasteiger charge is 2.24. The summed E-state index contributed by atoms with van der Waals surface area (Å²) in [6.07, 6.45) is -0.571. The Kier molecular flexibility index (Phi) is 8.11. The average molecular weight is 407 g/mol. The number of ether oxygens (including phenoxy) is 2. The zero-order chi connectivity index (χ0) is 20.6. The third-order valence-electron chi connectivity index (χ3n) is 5.65. The lowest BCUT2D eigenvalue weighted by Crippen LogP contribution is -2.54. The van der Waals surface area contributed by atoms with Crippen LogP contribution >= 0.6 is 0 Å². The van der Waals surface area contributed by atoms with Crippen molar-refractivity contribution in [2.24, 2.45) is 0 Å². The summed E-state index contributed by atoms with van der Waals surface area (Å²) in [5.74, 6) is 1.54. The number of aliphatic hydroxyl groups is 1. The van der Waals surface area contributed by atoms with E-state index in [9.17, 15) is 9.90 Å². The summed E-state index contributed by atoms with van der Waals surface area (Å²) in [7, 11) is 3.70. The Labute approximate surface area is 173 Å². The van der Waals surface area contributed by atoms with Crippen molar-refractivity contribution in [1.82, 2.24) is 19.6 Å². The maximum absolute atomic E-state index is 12.5.